The second-order valence-corrected chi connectivity index (χ2v) is 7.34. The number of hydrogen-bond donors (Lipinski definition) is 1. The molecule has 6 nitrogen and oxygen atoms in total. The number of halogens is 2. The lowest BCUT2D eigenvalue weighted by Gasteiger charge is -2.33. The van der Waals surface area contributed by atoms with Gasteiger partial charge in [0.25, 0.3) is 0 Å². The van der Waals surface area contributed by atoms with Gasteiger partial charge in [-0.1, -0.05) is 18.2 Å². The molecule has 2 aromatic carbocycles. The quantitative estimate of drug-likeness (QED) is 0.674. The number of aromatic nitrogens is 2. The van der Waals surface area contributed by atoms with E-state index in [1.165, 1.54) is 18.2 Å². The second-order valence-electron chi connectivity index (χ2n) is 7.34. The van der Waals surface area contributed by atoms with Crippen LogP contribution in [0.3, 0.4) is 0 Å². The van der Waals surface area contributed by atoms with Crippen LogP contribution in [0, 0.1) is 11.6 Å². The van der Waals surface area contributed by atoms with Crippen molar-refractivity contribution in [1.29, 1.82) is 0 Å². The van der Waals surface area contributed by atoms with Gasteiger partial charge in [0.1, 0.15) is 23.2 Å². The Hall–Kier alpha value is -2.84. The molecule has 0 radical (unpaired) electrons. The first-order valence-electron chi connectivity index (χ1n) is 9.99. The predicted octanol–water partition coefficient (Wildman–Crippen LogP) is 2.58. The summed E-state index contributed by atoms with van der Waals surface area (Å²) >= 11 is 0. The Morgan fingerprint density at radius 1 is 1.20 bits per heavy atom. The summed E-state index contributed by atoms with van der Waals surface area (Å²) in [6.07, 6.45) is 0.454. The van der Waals surface area contributed by atoms with Gasteiger partial charge in [-0.15, -0.1) is 0 Å². The highest BCUT2D eigenvalue weighted by atomic mass is 19.1. The Balaban J connectivity index is 1.48. The first-order valence-corrected chi connectivity index (χ1v) is 9.99. The van der Waals surface area contributed by atoms with E-state index in [4.69, 9.17) is 4.74 Å². The number of carbonyl (C=O) groups excluding carboxylic acids is 1. The van der Waals surface area contributed by atoms with E-state index in [1.54, 1.807) is 18.2 Å². The molecule has 0 aliphatic carbocycles. The summed E-state index contributed by atoms with van der Waals surface area (Å²) in [6, 6.07) is 10.4. The molecular weight excluding hydrogens is 390 g/mol. The van der Waals surface area contributed by atoms with Gasteiger partial charge in [-0.2, -0.15) is 0 Å². The molecule has 2 heterocycles. The topological polar surface area (TPSA) is 59.4 Å². The van der Waals surface area contributed by atoms with Crippen LogP contribution in [0.25, 0.3) is 11.0 Å². The number of fused-ring (bicyclic) bond motifs is 1. The Kier molecular flexibility index (Phi) is 6.06. The fourth-order valence-corrected chi connectivity index (χ4v) is 3.89. The van der Waals surface area contributed by atoms with Crippen LogP contribution in [-0.2, 0) is 23.0 Å². The Morgan fingerprint density at radius 3 is 2.70 bits per heavy atom. The van der Waals surface area contributed by atoms with Gasteiger partial charge in [-0.3, -0.25) is 9.69 Å². The molecule has 1 amide bonds. The average Bonchev–Trinajstić information content (AvgIpc) is 3.06. The molecule has 1 aromatic heterocycles. The van der Waals surface area contributed by atoms with Gasteiger partial charge in [0, 0.05) is 33.1 Å². The summed E-state index contributed by atoms with van der Waals surface area (Å²) < 4.78 is 35.0. The number of nitrogens with zero attached hydrogens (tertiary/aromatic N) is 3. The van der Waals surface area contributed by atoms with E-state index in [1.807, 2.05) is 22.6 Å². The summed E-state index contributed by atoms with van der Waals surface area (Å²) in [5, 5.41) is 2.94. The van der Waals surface area contributed by atoms with Crippen LogP contribution in [0.15, 0.2) is 42.5 Å². The molecule has 8 heteroatoms. The van der Waals surface area contributed by atoms with Crippen molar-refractivity contribution in [3.05, 3.63) is 65.5 Å². The Bertz CT molecular complexity index is 1050. The lowest BCUT2D eigenvalue weighted by Crippen LogP contribution is -2.46. The molecule has 1 atom stereocenters. The van der Waals surface area contributed by atoms with Crippen molar-refractivity contribution in [2.75, 3.05) is 32.8 Å². The van der Waals surface area contributed by atoms with Crippen molar-refractivity contribution in [2.24, 2.45) is 7.05 Å². The van der Waals surface area contributed by atoms with Gasteiger partial charge in [0.2, 0.25) is 5.91 Å². The van der Waals surface area contributed by atoms with Gasteiger partial charge in [0.05, 0.1) is 18.7 Å². The SMILES string of the molecule is Cn1c(CCNC(=O)C(c2cccc(F)c2)N2CCOCC2)nc2c(F)cccc21. The molecule has 1 fully saturated rings. The van der Waals surface area contributed by atoms with Gasteiger partial charge in [0.15, 0.2) is 5.82 Å². The molecule has 30 heavy (non-hydrogen) atoms. The smallest absolute Gasteiger partial charge is 0.241 e. The van der Waals surface area contributed by atoms with Crippen LogP contribution < -0.4 is 5.32 Å². The van der Waals surface area contributed by atoms with Gasteiger partial charge in [-0.25, -0.2) is 13.8 Å². The Labute approximate surface area is 173 Å². The number of benzene rings is 2. The number of morpholine rings is 1. The molecule has 158 valence electrons. The monoisotopic (exact) mass is 414 g/mol. The van der Waals surface area contributed by atoms with Crippen molar-refractivity contribution < 1.29 is 18.3 Å². The number of hydrogen-bond acceptors (Lipinski definition) is 4. The third kappa shape index (κ3) is 4.20. The third-order valence-electron chi connectivity index (χ3n) is 5.43. The van der Waals surface area contributed by atoms with E-state index in [0.717, 1.165) is 0 Å². The summed E-state index contributed by atoms with van der Waals surface area (Å²) in [7, 11) is 1.83. The minimum atomic E-state index is -0.595. The van der Waals surface area contributed by atoms with Crippen molar-refractivity contribution >= 4 is 16.9 Å². The van der Waals surface area contributed by atoms with Gasteiger partial charge >= 0.3 is 0 Å². The highest BCUT2D eigenvalue weighted by Crippen LogP contribution is 2.23. The molecule has 1 saturated heterocycles. The zero-order valence-corrected chi connectivity index (χ0v) is 16.8. The second kappa shape index (κ2) is 8.89. The lowest BCUT2D eigenvalue weighted by molar-refractivity contribution is -0.128. The van der Waals surface area contributed by atoms with Crippen molar-refractivity contribution in [1.82, 2.24) is 19.8 Å². The molecule has 3 aromatic rings. The van der Waals surface area contributed by atoms with E-state index in [2.05, 4.69) is 10.3 Å². The number of nitrogens with one attached hydrogen (secondary N) is 1. The predicted molar refractivity (Wildman–Crippen MR) is 109 cm³/mol. The number of rotatable bonds is 6. The maximum atomic E-state index is 14.0. The standard InChI is InChI=1S/C22H24F2N4O2/c1-27-18-7-3-6-17(24)20(18)26-19(27)8-9-25-22(29)21(28-10-12-30-13-11-28)15-4-2-5-16(23)14-15/h2-7,14,21H,8-13H2,1H3,(H,25,29). The zero-order valence-electron chi connectivity index (χ0n) is 16.8. The van der Waals surface area contributed by atoms with E-state index in [-0.39, 0.29) is 17.5 Å². The van der Waals surface area contributed by atoms with Crippen LogP contribution in [0.1, 0.15) is 17.4 Å². The van der Waals surface area contributed by atoms with E-state index in [9.17, 15) is 13.6 Å². The minimum Gasteiger partial charge on any atom is -0.379 e. The van der Waals surface area contributed by atoms with E-state index < -0.39 is 6.04 Å². The molecule has 1 aliphatic heterocycles. The third-order valence-corrected chi connectivity index (χ3v) is 5.43. The number of para-hydroxylation sites is 1. The molecule has 1 N–H and O–H groups in total. The number of imidazole rings is 1. The van der Waals surface area contributed by atoms with Crippen molar-refractivity contribution in [2.45, 2.75) is 12.5 Å². The normalized spacial score (nSPS) is 16.0. The van der Waals surface area contributed by atoms with E-state index in [0.29, 0.717) is 61.7 Å². The first kappa shape index (κ1) is 20.4. The molecular formula is C22H24F2N4O2. The van der Waals surface area contributed by atoms with Crippen LogP contribution >= 0.6 is 0 Å². The average molecular weight is 414 g/mol. The Morgan fingerprint density at radius 2 is 1.97 bits per heavy atom. The molecule has 4 rings (SSSR count). The zero-order chi connectivity index (χ0) is 21.1. The largest absolute Gasteiger partial charge is 0.379 e. The van der Waals surface area contributed by atoms with Crippen molar-refractivity contribution in [3.8, 4) is 0 Å². The molecule has 0 saturated carbocycles. The van der Waals surface area contributed by atoms with Crippen LogP contribution in [0.5, 0.6) is 0 Å². The highest BCUT2D eigenvalue weighted by molar-refractivity contribution is 5.83. The highest BCUT2D eigenvalue weighted by Gasteiger charge is 2.29. The van der Waals surface area contributed by atoms with Gasteiger partial charge in [-0.05, 0) is 29.8 Å². The minimum absolute atomic E-state index is 0.201. The number of amides is 1. The van der Waals surface area contributed by atoms with Crippen LogP contribution in [-0.4, -0.2) is 53.2 Å². The maximum Gasteiger partial charge on any atom is 0.241 e. The van der Waals surface area contributed by atoms with Crippen LogP contribution in [0.4, 0.5) is 8.78 Å². The molecule has 1 aliphatic rings. The molecule has 1 unspecified atom stereocenters. The van der Waals surface area contributed by atoms with Crippen molar-refractivity contribution in [3.63, 3.8) is 0 Å². The fraction of sp³-hybridized carbons (Fsp3) is 0.364. The maximum absolute atomic E-state index is 14.0. The summed E-state index contributed by atoms with van der Waals surface area (Å²) in [4.78, 5) is 19.4. The number of carbonyl (C=O) groups is 1. The van der Waals surface area contributed by atoms with E-state index >= 15 is 0 Å². The summed E-state index contributed by atoms with van der Waals surface area (Å²) in [5.74, 6) is -0.256. The van der Waals surface area contributed by atoms with Crippen LogP contribution in [0.2, 0.25) is 0 Å². The fourth-order valence-electron chi connectivity index (χ4n) is 3.89. The van der Waals surface area contributed by atoms with Gasteiger partial charge < -0.3 is 14.6 Å². The number of ether oxygens (including phenoxy) is 1. The molecule has 0 bridgehead atoms. The number of aryl methyl sites for hydroxylation is 1. The lowest BCUT2D eigenvalue weighted by atomic mass is 10.0. The summed E-state index contributed by atoms with van der Waals surface area (Å²) in [6.45, 7) is 2.60. The first-order chi connectivity index (χ1) is 14.5. The molecule has 0 spiro atoms. The summed E-state index contributed by atoms with van der Waals surface area (Å²) in [5.41, 5.74) is 1.65.